The normalized spacial score (nSPS) is 15.6. The van der Waals surface area contributed by atoms with E-state index in [0.29, 0.717) is 36.8 Å². The van der Waals surface area contributed by atoms with Crippen molar-refractivity contribution < 1.29 is 13.2 Å². The van der Waals surface area contributed by atoms with Crippen molar-refractivity contribution in [3.63, 3.8) is 0 Å². The highest BCUT2D eigenvalue weighted by Crippen LogP contribution is 2.24. The molecule has 0 bridgehead atoms. The van der Waals surface area contributed by atoms with E-state index < -0.39 is 10.0 Å². The minimum absolute atomic E-state index is 0.0540. The Kier molecular flexibility index (Phi) is 6.47. The largest absolute Gasteiger partial charge is 0.339 e. The first-order valence-electron chi connectivity index (χ1n) is 9.32. The summed E-state index contributed by atoms with van der Waals surface area (Å²) in [5, 5.41) is 0. The van der Waals surface area contributed by atoms with Gasteiger partial charge in [-0.15, -0.1) is 11.8 Å². The van der Waals surface area contributed by atoms with Gasteiger partial charge in [0.05, 0.1) is 10.6 Å². The van der Waals surface area contributed by atoms with Crippen LogP contribution in [0.5, 0.6) is 0 Å². The van der Waals surface area contributed by atoms with Crippen LogP contribution in [0.25, 0.3) is 0 Å². The van der Waals surface area contributed by atoms with Gasteiger partial charge < -0.3 is 4.90 Å². The Morgan fingerprint density at radius 1 is 0.929 bits per heavy atom. The maximum Gasteiger partial charge on any atom is 0.243 e. The SMILES string of the molecule is Cc1ccc(S(=O)(=O)N2CCN(C(=O)CSc3cc(C)ccc3C)CC2)cc1. The number of sulfonamides is 1. The molecule has 0 radical (unpaired) electrons. The van der Waals surface area contributed by atoms with Gasteiger partial charge in [0.25, 0.3) is 0 Å². The van der Waals surface area contributed by atoms with Crippen LogP contribution >= 0.6 is 11.8 Å². The number of carbonyl (C=O) groups is 1. The van der Waals surface area contributed by atoms with Gasteiger partial charge in [-0.05, 0) is 44.5 Å². The summed E-state index contributed by atoms with van der Waals surface area (Å²) in [4.78, 5) is 15.8. The van der Waals surface area contributed by atoms with Crippen LogP contribution in [0.1, 0.15) is 16.7 Å². The Morgan fingerprint density at radius 2 is 1.54 bits per heavy atom. The number of hydrogen-bond acceptors (Lipinski definition) is 4. The quantitative estimate of drug-likeness (QED) is 0.700. The molecule has 3 rings (SSSR count). The maximum absolute atomic E-state index is 12.8. The molecule has 0 atom stereocenters. The van der Waals surface area contributed by atoms with Gasteiger partial charge >= 0.3 is 0 Å². The zero-order chi connectivity index (χ0) is 20.3. The molecule has 0 N–H and O–H groups in total. The summed E-state index contributed by atoms with van der Waals surface area (Å²) < 4.78 is 27.0. The van der Waals surface area contributed by atoms with Crippen LogP contribution in [0.3, 0.4) is 0 Å². The van der Waals surface area contributed by atoms with E-state index in [-0.39, 0.29) is 5.91 Å². The lowest BCUT2D eigenvalue weighted by Gasteiger charge is -2.34. The molecule has 1 fully saturated rings. The van der Waals surface area contributed by atoms with Crippen LogP contribution < -0.4 is 0 Å². The molecule has 0 aliphatic carbocycles. The van der Waals surface area contributed by atoms with E-state index in [1.165, 1.54) is 9.87 Å². The van der Waals surface area contributed by atoms with Crippen LogP contribution in [-0.4, -0.2) is 55.5 Å². The number of piperazine rings is 1. The number of rotatable bonds is 5. The summed E-state index contributed by atoms with van der Waals surface area (Å²) in [7, 11) is -3.50. The Labute approximate surface area is 171 Å². The van der Waals surface area contributed by atoms with Gasteiger partial charge in [-0.3, -0.25) is 4.79 Å². The molecule has 1 saturated heterocycles. The number of amides is 1. The average molecular weight is 419 g/mol. The van der Waals surface area contributed by atoms with E-state index in [1.54, 1.807) is 40.9 Å². The Bertz CT molecular complexity index is 948. The summed E-state index contributed by atoms with van der Waals surface area (Å²) in [6.45, 7) is 7.53. The third-order valence-electron chi connectivity index (χ3n) is 4.94. The molecule has 28 heavy (non-hydrogen) atoms. The van der Waals surface area contributed by atoms with Crippen molar-refractivity contribution in [3.05, 3.63) is 59.2 Å². The topological polar surface area (TPSA) is 57.7 Å². The lowest BCUT2D eigenvalue weighted by molar-refractivity contribution is -0.129. The van der Waals surface area contributed by atoms with E-state index in [9.17, 15) is 13.2 Å². The Hall–Kier alpha value is -1.83. The molecule has 150 valence electrons. The zero-order valence-corrected chi connectivity index (χ0v) is 18.1. The van der Waals surface area contributed by atoms with Crippen LogP contribution in [0.15, 0.2) is 52.3 Å². The van der Waals surface area contributed by atoms with Crippen molar-refractivity contribution >= 4 is 27.7 Å². The van der Waals surface area contributed by atoms with Crippen molar-refractivity contribution in [2.75, 3.05) is 31.9 Å². The molecule has 2 aromatic rings. The van der Waals surface area contributed by atoms with E-state index >= 15 is 0 Å². The number of aryl methyl sites for hydroxylation is 3. The molecule has 7 heteroatoms. The highest BCUT2D eigenvalue weighted by Gasteiger charge is 2.30. The Balaban J connectivity index is 1.56. The van der Waals surface area contributed by atoms with Crippen LogP contribution in [-0.2, 0) is 14.8 Å². The monoisotopic (exact) mass is 418 g/mol. The van der Waals surface area contributed by atoms with Crippen molar-refractivity contribution in [1.82, 2.24) is 9.21 Å². The third-order valence-corrected chi connectivity index (χ3v) is 8.00. The number of carbonyl (C=O) groups excluding carboxylic acids is 1. The first-order valence-corrected chi connectivity index (χ1v) is 11.7. The predicted octanol–water partition coefficient (Wildman–Crippen LogP) is 3.24. The van der Waals surface area contributed by atoms with Gasteiger partial charge in [-0.2, -0.15) is 4.31 Å². The van der Waals surface area contributed by atoms with E-state index in [2.05, 4.69) is 18.2 Å². The predicted molar refractivity (Wildman–Crippen MR) is 113 cm³/mol. The second-order valence-corrected chi connectivity index (χ2v) is 10.1. The van der Waals surface area contributed by atoms with Gasteiger partial charge in [0, 0.05) is 31.1 Å². The number of benzene rings is 2. The van der Waals surface area contributed by atoms with Gasteiger partial charge in [-0.1, -0.05) is 35.4 Å². The molecule has 1 amide bonds. The molecular weight excluding hydrogens is 392 g/mol. The minimum atomic E-state index is -3.50. The fourth-order valence-corrected chi connectivity index (χ4v) is 5.58. The van der Waals surface area contributed by atoms with Gasteiger partial charge in [0.2, 0.25) is 15.9 Å². The first-order chi connectivity index (χ1) is 13.3. The molecule has 1 aliphatic heterocycles. The van der Waals surface area contributed by atoms with Gasteiger partial charge in [0.15, 0.2) is 0 Å². The maximum atomic E-state index is 12.8. The van der Waals surface area contributed by atoms with E-state index in [0.717, 1.165) is 16.0 Å². The van der Waals surface area contributed by atoms with Gasteiger partial charge in [-0.25, -0.2) is 8.42 Å². The van der Waals surface area contributed by atoms with Crippen LogP contribution in [0.4, 0.5) is 0 Å². The number of nitrogens with zero attached hydrogens (tertiary/aromatic N) is 2. The fraction of sp³-hybridized carbons (Fsp3) is 0.381. The fourth-order valence-electron chi connectivity index (χ4n) is 3.13. The zero-order valence-electron chi connectivity index (χ0n) is 16.5. The molecule has 1 aliphatic rings. The molecule has 0 aromatic heterocycles. The highest BCUT2D eigenvalue weighted by atomic mass is 32.2. The molecule has 5 nitrogen and oxygen atoms in total. The average Bonchev–Trinajstić information content (AvgIpc) is 2.69. The second kappa shape index (κ2) is 8.68. The molecule has 0 unspecified atom stereocenters. The third kappa shape index (κ3) is 4.77. The minimum Gasteiger partial charge on any atom is -0.339 e. The van der Waals surface area contributed by atoms with E-state index in [4.69, 9.17) is 0 Å². The summed E-state index contributed by atoms with van der Waals surface area (Å²) in [6.07, 6.45) is 0. The molecule has 1 heterocycles. The summed E-state index contributed by atoms with van der Waals surface area (Å²) in [5.41, 5.74) is 3.36. The lowest BCUT2D eigenvalue weighted by atomic mass is 10.2. The number of hydrogen-bond donors (Lipinski definition) is 0. The van der Waals surface area contributed by atoms with Crippen molar-refractivity contribution in [2.24, 2.45) is 0 Å². The Morgan fingerprint density at radius 3 is 2.18 bits per heavy atom. The lowest BCUT2D eigenvalue weighted by Crippen LogP contribution is -2.50. The molecule has 0 saturated carbocycles. The smallest absolute Gasteiger partial charge is 0.243 e. The van der Waals surface area contributed by atoms with Crippen molar-refractivity contribution in [1.29, 1.82) is 0 Å². The van der Waals surface area contributed by atoms with Crippen molar-refractivity contribution in [3.8, 4) is 0 Å². The number of thioether (sulfide) groups is 1. The highest BCUT2D eigenvalue weighted by molar-refractivity contribution is 8.00. The first kappa shape index (κ1) is 20.9. The molecular formula is C21H26N2O3S2. The summed E-state index contributed by atoms with van der Waals surface area (Å²) >= 11 is 1.54. The van der Waals surface area contributed by atoms with Crippen LogP contribution in [0.2, 0.25) is 0 Å². The summed E-state index contributed by atoms with van der Waals surface area (Å²) in [6, 6.07) is 13.1. The van der Waals surface area contributed by atoms with Crippen molar-refractivity contribution in [2.45, 2.75) is 30.6 Å². The molecule has 0 spiro atoms. The van der Waals surface area contributed by atoms with Crippen LogP contribution in [0, 0.1) is 20.8 Å². The van der Waals surface area contributed by atoms with E-state index in [1.807, 2.05) is 20.8 Å². The second-order valence-electron chi connectivity index (χ2n) is 7.16. The van der Waals surface area contributed by atoms with Gasteiger partial charge in [0.1, 0.15) is 0 Å². The molecule has 2 aromatic carbocycles. The summed E-state index contributed by atoms with van der Waals surface area (Å²) in [5.74, 6) is 0.424. The standard InChI is InChI=1S/C21H26N2O3S2/c1-16-5-8-19(9-6-16)28(25,26)23-12-10-22(11-13-23)21(24)15-27-20-14-17(2)4-7-18(20)3/h4-9,14H,10-13,15H2,1-3H3.